The van der Waals surface area contributed by atoms with Crippen molar-refractivity contribution in [2.75, 3.05) is 16.8 Å². The van der Waals surface area contributed by atoms with Crippen LogP contribution >= 0.6 is 57.7 Å². The van der Waals surface area contributed by atoms with Crippen molar-refractivity contribution in [3.05, 3.63) is 33.8 Å². The van der Waals surface area contributed by atoms with E-state index in [0.29, 0.717) is 23.0 Å². The molecule has 26 heavy (non-hydrogen) atoms. The number of aromatic nitrogens is 2. The lowest BCUT2D eigenvalue weighted by Crippen LogP contribution is -2.26. The first-order valence-corrected chi connectivity index (χ1v) is 9.76. The van der Waals surface area contributed by atoms with Crippen molar-refractivity contribution in [2.24, 2.45) is 0 Å². The third-order valence-electron chi connectivity index (χ3n) is 3.86. The van der Waals surface area contributed by atoms with Crippen LogP contribution in [0.4, 0.5) is 10.8 Å². The number of carbonyl (C=O) groups excluding carboxylic acids is 2. The van der Waals surface area contributed by atoms with Crippen LogP contribution in [0.5, 0.6) is 0 Å². The Bertz CT molecular complexity index is 868. The van der Waals surface area contributed by atoms with Gasteiger partial charge >= 0.3 is 0 Å². The second-order valence-electron chi connectivity index (χ2n) is 5.74. The van der Waals surface area contributed by atoms with Gasteiger partial charge in [0.25, 0.3) is 9.70 Å². The zero-order valence-corrected chi connectivity index (χ0v) is 17.1. The number of nitrogens with zero attached hydrogens (tertiary/aromatic N) is 3. The summed E-state index contributed by atoms with van der Waals surface area (Å²) in [6, 6.07) is 5.49. The molecule has 2 heterocycles. The van der Waals surface area contributed by atoms with Crippen molar-refractivity contribution in [3.8, 4) is 0 Å². The molecule has 1 aromatic carbocycles. The normalized spacial score (nSPS) is 17.7. The molecule has 1 aromatic heterocycles. The molecule has 138 valence electrons. The van der Waals surface area contributed by atoms with Crippen LogP contribution < -0.4 is 10.2 Å². The number of halogens is 4. The van der Waals surface area contributed by atoms with Gasteiger partial charge in [0, 0.05) is 29.6 Å². The summed E-state index contributed by atoms with van der Waals surface area (Å²) in [5.74, 6) is -0.987. The van der Waals surface area contributed by atoms with Gasteiger partial charge in [-0.3, -0.25) is 14.9 Å². The van der Waals surface area contributed by atoms with E-state index in [1.165, 1.54) is 0 Å². The number of hydrogen-bond donors (Lipinski definition) is 1. The number of anilines is 2. The molecule has 1 aliphatic rings. The Hall–Kier alpha value is -1.12. The summed E-state index contributed by atoms with van der Waals surface area (Å²) in [5.41, 5.74) is 1.68. The van der Waals surface area contributed by atoms with E-state index < -0.39 is 9.70 Å². The molecule has 3 rings (SSSR count). The van der Waals surface area contributed by atoms with Crippen LogP contribution in [0.25, 0.3) is 0 Å². The van der Waals surface area contributed by atoms with Crippen LogP contribution in [0.3, 0.4) is 0 Å². The highest BCUT2D eigenvalue weighted by Crippen LogP contribution is 2.36. The topological polar surface area (TPSA) is 75.2 Å². The summed E-state index contributed by atoms with van der Waals surface area (Å²) in [6.45, 7) is 2.35. The molecule has 1 aliphatic heterocycles. The number of amides is 2. The van der Waals surface area contributed by atoms with Crippen molar-refractivity contribution in [2.45, 2.75) is 23.1 Å². The molecule has 1 saturated heterocycles. The van der Waals surface area contributed by atoms with E-state index in [-0.39, 0.29) is 17.0 Å². The fourth-order valence-electron chi connectivity index (χ4n) is 2.49. The smallest absolute Gasteiger partial charge is 0.278 e. The van der Waals surface area contributed by atoms with Gasteiger partial charge in [0.1, 0.15) is 5.01 Å². The maximum absolute atomic E-state index is 12.4. The largest absolute Gasteiger partial charge is 0.312 e. The molecule has 6 nitrogen and oxygen atoms in total. The summed E-state index contributed by atoms with van der Waals surface area (Å²) in [4.78, 5) is 25.7. The second-order valence-corrected chi connectivity index (χ2v) is 9.43. The average molecular weight is 454 g/mol. The molecule has 0 radical (unpaired) electrons. The highest BCUT2D eigenvalue weighted by Gasteiger charge is 2.35. The molecule has 2 aromatic rings. The first kappa shape index (κ1) is 19.6. The van der Waals surface area contributed by atoms with Gasteiger partial charge in [0.15, 0.2) is 0 Å². The van der Waals surface area contributed by atoms with Crippen molar-refractivity contribution in [3.63, 3.8) is 0 Å². The standard InChI is InChI=1S/C15H12Cl4N4O2S/c1-7-2-3-9(5-10(7)16)23-6-8(4-11(23)24)12-21-22-14(26-12)20-13(25)15(17,18)19/h2-3,5,8H,4,6H2,1H3,(H,20,22,25). The molecule has 1 fully saturated rings. The zero-order chi connectivity index (χ0) is 19.1. The predicted octanol–water partition coefficient (Wildman–Crippen LogP) is 4.33. The maximum Gasteiger partial charge on any atom is 0.278 e. The molecule has 11 heteroatoms. The molecule has 1 atom stereocenters. The number of alkyl halides is 3. The number of aryl methyl sites for hydroxylation is 1. The third kappa shape index (κ3) is 4.23. The molecule has 0 spiro atoms. The SMILES string of the molecule is Cc1ccc(N2CC(c3nnc(NC(=O)C(Cl)(Cl)Cl)s3)CC2=O)cc1Cl. The fourth-order valence-corrected chi connectivity index (χ4v) is 3.64. The van der Waals surface area contributed by atoms with Crippen LogP contribution in [0.15, 0.2) is 18.2 Å². The fraction of sp³-hybridized carbons (Fsp3) is 0.333. The number of carbonyl (C=O) groups is 2. The highest BCUT2D eigenvalue weighted by atomic mass is 35.6. The van der Waals surface area contributed by atoms with E-state index in [4.69, 9.17) is 46.4 Å². The van der Waals surface area contributed by atoms with E-state index in [9.17, 15) is 9.59 Å². The second kappa shape index (κ2) is 7.48. The minimum atomic E-state index is -2.09. The summed E-state index contributed by atoms with van der Waals surface area (Å²) in [7, 11) is 0. The van der Waals surface area contributed by atoms with Crippen LogP contribution in [0.2, 0.25) is 5.02 Å². The van der Waals surface area contributed by atoms with Gasteiger partial charge in [-0.2, -0.15) is 0 Å². The van der Waals surface area contributed by atoms with Crippen LogP contribution in [-0.2, 0) is 9.59 Å². The van der Waals surface area contributed by atoms with Crippen LogP contribution in [0.1, 0.15) is 22.9 Å². The quantitative estimate of drug-likeness (QED) is 0.701. The van der Waals surface area contributed by atoms with Crippen LogP contribution in [0, 0.1) is 6.92 Å². The summed E-state index contributed by atoms with van der Waals surface area (Å²) in [5, 5.41) is 11.7. The van der Waals surface area contributed by atoms with E-state index in [1.54, 1.807) is 11.0 Å². The summed E-state index contributed by atoms with van der Waals surface area (Å²) in [6.07, 6.45) is 0.290. The lowest BCUT2D eigenvalue weighted by molar-refractivity contribution is -0.117. The molecule has 2 amide bonds. The molecule has 0 aliphatic carbocycles. The minimum Gasteiger partial charge on any atom is -0.312 e. The van der Waals surface area contributed by atoms with Gasteiger partial charge in [-0.15, -0.1) is 10.2 Å². The highest BCUT2D eigenvalue weighted by molar-refractivity contribution is 7.15. The minimum absolute atomic E-state index is 0.0306. The van der Waals surface area contributed by atoms with Gasteiger partial charge in [-0.1, -0.05) is 63.8 Å². The number of hydrogen-bond acceptors (Lipinski definition) is 5. The van der Waals surface area contributed by atoms with E-state index >= 15 is 0 Å². The van der Waals surface area contributed by atoms with Gasteiger partial charge in [0.2, 0.25) is 11.0 Å². The first-order valence-electron chi connectivity index (χ1n) is 7.43. The van der Waals surface area contributed by atoms with Crippen molar-refractivity contribution < 1.29 is 9.59 Å². The molecule has 0 bridgehead atoms. The lowest BCUT2D eigenvalue weighted by atomic mass is 10.1. The van der Waals surface area contributed by atoms with Crippen molar-refractivity contribution >= 4 is 80.4 Å². The van der Waals surface area contributed by atoms with Gasteiger partial charge in [-0.05, 0) is 24.6 Å². The van der Waals surface area contributed by atoms with E-state index in [1.807, 2.05) is 19.1 Å². The Morgan fingerprint density at radius 3 is 2.73 bits per heavy atom. The Labute approximate surface area is 173 Å². The van der Waals surface area contributed by atoms with E-state index in [0.717, 1.165) is 22.6 Å². The van der Waals surface area contributed by atoms with Gasteiger partial charge in [0.05, 0.1) is 0 Å². The molecular formula is C15H12Cl4N4O2S. The Balaban J connectivity index is 1.73. The number of nitrogens with one attached hydrogen (secondary N) is 1. The number of rotatable bonds is 3. The Morgan fingerprint density at radius 1 is 1.35 bits per heavy atom. The molecule has 1 N–H and O–H groups in total. The summed E-state index contributed by atoms with van der Waals surface area (Å²) < 4.78 is -2.09. The predicted molar refractivity (Wildman–Crippen MR) is 105 cm³/mol. The Morgan fingerprint density at radius 2 is 2.08 bits per heavy atom. The third-order valence-corrected chi connectivity index (χ3v) is 5.78. The molecular weight excluding hydrogens is 442 g/mol. The molecule has 0 saturated carbocycles. The number of benzene rings is 1. The van der Waals surface area contributed by atoms with Gasteiger partial charge < -0.3 is 4.90 Å². The average Bonchev–Trinajstić information content (AvgIpc) is 3.16. The summed E-state index contributed by atoms with van der Waals surface area (Å²) >= 11 is 23.8. The lowest BCUT2D eigenvalue weighted by Gasteiger charge is -2.17. The van der Waals surface area contributed by atoms with E-state index in [2.05, 4.69) is 15.5 Å². The van der Waals surface area contributed by atoms with Crippen LogP contribution in [-0.4, -0.2) is 32.3 Å². The molecule has 1 unspecified atom stereocenters. The zero-order valence-electron chi connectivity index (χ0n) is 13.3. The Kier molecular flexibility index (Phi) is 5.65. The van der Waals surface area contributed by atoms with Crippen molar-refractivity contribution in [1.82, 2.24) is 10.2 Å². The first-order chi connectivity index (χ1) is 12.1. The van der Waals surface area contributed by atoms with Gasteiger partial charge in [-0.25, -0.2) is 0 Å². The maximum atomic E-state index is 12.4. The van der Waals surface area contributed by atoms with Crippen molar-refractivity contribution in [1.29, 1.82) is 0 Å². The monoisotopic (exact) mass is 452 g/mol.